The number of ether oxygens (including phenoxy) is 2. The number of nitrogens with one attached hydrogen (secondary N) is 1. The number of carboxylic acid groups (broad SMARTS) is 1. The Kier molecular flexibility index (Phi) is 8.89. The van der Waals surface area contributed by atoms with Gasteiger partial charge in [-0.1, -0.05) is 24.3 Å². The fourth-order valence-electron chi connectivity index (χ4n) is 6.35. The van der Waals surface area contributed by atoms with Crippen molar-refractivity contribution in [2.24, 2.45) is 5.92 Å². The van der Waals surface area contributed by atoms with E-state index in [1.165, 1.54) is 29.7 Å². The molecule has 0 spiro atoms. The first kappa shape index (κ1) is 30.8. The normalized spacial score (nSPS) is 21.1. The van der Waals surface area contributed by atoms with Gasteiger partial charge in [-0.05, 0) is 80.3 Å². The minimum absolute atomic E-state index is 0.0734. The molecule has 4 atom stereocenters. The van der Waals surface area contributed by atoms with E-state index in [4.69, 9.17) is 9.47 Å². The quantitative estimate of drug-likeness (QED) is 0.290. The zero-order valence-corrected chi connectivity index (χ0v) is 26.2. The molecule has 0 radical (unpaired) electrons. The molecule has 3 aromatic rings. The summed E-state index contributed by atoms with van der Waals surface area (Å²) in [5.74, 6) is -1.44. The molecule has 11 heteroatoms. The van der Waals surface area contributed by atoms with Crippen molar-refractivity contribution in [3.63, 3.8) is 0 Å². The number of esters is 1. The van der Waals surface area contributed by atoms with Gasteiger partial charge in [-0.25, -0.2) is 9.78 Å². The summed E-state index contributed by atoms with van der Waals surface area (Å²) in [5, 5.41) is 13.2. The Balaban J connectivity index is 1.26. The van der Waals surface area contributed by atoms with E-state index in [9.17, 15) is 24.3 Å². The van der Waals surface area contributed by atoms with Gasteiger partial charge < -0.3 is 24.8 Å². The number of rotatable bonds is 10. The second kappa shape index (κ2) is 13.0. The van der Waals surface area contributed by atoms with Crippen LogP contribution in [0.3, 0.4) is 0 Å². The van der Waals surface area contributed by atoms with Crippen LogP contribution < -0.4 is 10.1 Å². The maximum absolute atomic E-state index is 13.2. The third-order valence-corrected chi connectivity index (χ3v) is 9.90. The molecule has 1 aromatic heterocycles. The smallest absolute Gasteiger partial charge is 0.335 e. The lowest BCUT2D eigenvalue weighted by Crippen LogP contribution is -2.42. The summed E-state index contributed by atoms with van der Waals surface area (Å²) in [6.07, 6.45) is 3.30. The van der Waals surface area contributed by atoms with Crippen LogP contribution in [-0.2, 0) is 14.3 Å². The standard InChI is InChI=1S/C34H37N3O7S/c1-19(36-32(39)31-20(2)35-18-45-31)30(23-9-7-22(8-10-23)21-5-6-21)44-26-11-12-27(34(41)42)28(15-26)24-4-3-13-37(16-24)33(40)25-14-29(38)43-17-25/h7-12,15,18-19,21,24-25,30H,3-6,13-14,16-17H2,1-2H3,(H,36,39)(H,41,42)/t19-,24+,25+,30-/m0/s1. The molecular formula is C34H37N3O7S. The molecule has 3 heterocycles. The highest BCUT2D eigenvalue weighted by Crippen LogP contribution is 2.41. The molecule has 3 aliphatic rings. The number of thiazole rings is 1. The number of hydrogen-bond donors (Lipinski definition) is 2. The number of carboxylic acids is 1. The van der Waals surface area contributed by atoms with Gasteiger partial charge in [0.1, 0.15) is 23.3 Å². The lowest BCUT2D eigenvalue weighted by molar-refractivity contribution is -0.138. The van der Waals surface area contributed by atoms with E-state index < -0.39 is 24.0 Å². The van der Waals surface area contributed by atoms with Crippen molar-refractivity contribution < 1.29 is 33.8 Å². The van der Waals surface area contributed by atoms with Crippen molar-refractivity contribution in [2.75, 3.05) is 19.7 Å². The Hall–Kier alpha value is -4.25. The summed E-state index contributed by atoms with van der Waals surface area (Å²) in [4.78, 5) is 56.7. The van der Waals surface area contributed by atoms with Crippen LogP contribution in [0.4, 0.5) is 0 Å². The molecule has 2 saturated heterocycles. The largest absolute Gasteiger partial charge is 0.484 e. The molecule has 1 saturated carbocycles. The van der Waals surface area contributed by atoms with Gasteiger partial charge in [-0.15, -0.1) is 11.3 Å². The first-order valence-electron chi connectivity index (χ1n) is 15.5. The Morgan fingerprint density at radius 2 is 1.89 bits per heavy atom. The molecular weight excluding hydrogens is 594 g/mol. The van der Waals surface area contributed by atoms with Crippen molar-refractivity contribution in [3.05, 3.63) is 80.8 Å². The maximum Gasteiger partial charge on any atom is 0.335 e. The summed E-state index contributed by atoms with van der Waals surface area (Å²) in [6, 6.07) is 12.8. The minimum atomic E-state index is -1.05. The van der Waals surface area contributed by atoms with Gasteiger partial charge in [0.25, 0.3) is 5.91 Å². The fourth-order valence-corrected chi connectivity index (χ4v) is 7.06. The van der Waals surface area contributed by atoms with Crippen LogP contribution in [0, 0.1) is 12.8 Å². The van der Waals surface area contributed by atoms with E-state index in [2.05, 4.69) is 22.4 Å². The third-order valence-electron chi connectivity index (χ3n) is 8.98. The zero-order chi connectivity index (χ0) is 31.7. The van der Waals surface area contributed by atoms with Crippen LogP contribution in [-0.4, -0.2) is 64.5 Å². The highest BCUT2D eigenvalue weighted by Gasteiger charge is 2.36. The van der Waals surface area contributed by atoms with E-state index in [0.717, 1.165) is 5.56 Å². The Bertz CT molecular complexity index is 1600. The molecule has 2 aromatic carbocycles. The average Bonchev–Trinajstić information content (AvgIpc) is 3.66. The number of hydrogen-bond acceptors (Lipinski definition) is 8. The lowest BCUT2D eigenvalue weighted by Gasteiger charge is -2.35. The van der Waals surface area contributed by atoms with E-state index in [1.807, 2.05) is 19.1 Å². The zero-order valence-electron chi connectivity index (χ0n) is 25.4. The number of nitrogens with zero attached hydrogens (tertiary/aromatic N) is 2. The van der Waals surface area contributed by atoms with E-state index in [-0.39, 0.29) is 42.3 Å². The van der Waals surface area contributed by atoms with Crippen molar-refractivity contribution in [1.29, 1.82) is 0 Å². The maximum atomic E-state index is 13.2. The number of carbonyl (C=O) groups is 4. The SMILES string of the molecule is Cc1ncsc1C(=O)N[C@@H](C)[C@H](Oc1ccc(C(=O)O)c([C@@H]2CCCN(C(=O)[C@H]3COC(=O)C3)C2)c1)c1ccc(C2CC2)cc1. The Morgan fingerprint density at radius 1 is 1.11 bits per heavy atom. The van der Waals surface area contributed by atoms with Crippen molar-refractivity contribution in [2.45, 2.75) is 69.9 Å². The number of piperidine rings is 1. The summed E-state index contributed by atoms with van der Waals surface area (Å²) >= 11 is 1.28. The van der Waals surface area contributed by atoms with Gasteiger partial charge >= 0.3 is 11.9 Å². The van der Waals surface area contributed by atoms with Gasteiger partial charge in [-0.2, -0.15) is 0 Å². The molecule has 0 bridgehead atoms. The summed E-state index contributed by atoms with van der Waals surface area (Å²) in [6.45, 7) is 4.67. The molecule has 0 unspecified atom stereocenters. The summed E-state index contributed by atoms with van der Waals surface area (Å²) in [5.41, 5.74) is 5.24. The summed E-state index contributed by atoms with van der Waals surface area (Å²) in [7, 11) is 0. The van der Waals surface area contributed by atoms with E-state index in [1.54, 1.807) is 35.5 Å². The molecule has 2 aliphatic heterocycles. The number of aryl methyl sites for hydroxylation is 1. The van der Waals surface area contributed by atoms with Crippen LogP contribution in [0.1, 0.15) is 99.4 Å². The van der Waals surface area contributed by atoms with Gasteiger partial charge in [0, 0.05) is 19.0 Å². The molecule has 2 N–H and O–H groups in total. The van der Waals surface area contributed by atoms with Crippen LogP contribution in [0.2, 0.25) is 0 Å². The predicted molar refractivity (Wildman–Crippen MR) is 167 cm³/mol. The van der Waals surface area contributed by atoms with Gasteiger partial charge in [0.2, 0.25) is 5.91 Å². The number of amides is 2. The topological polar surface area (TPSA) is 135 Å². The first-order valence-corrected chi connectivity index (χ1v) is 16.3. The molecule has 6 rings (SSSR count). The number of aromatic nitrogens is 1. The Morgan fingerprint density at radius 3 is 2.53 bits per heavy atom. The number of benzene rings is 2. The van der Waals surface area contributed by atoms with E-state index in [0.29, 0.717) is 53.7 Å². The summed E-state index contributed by atoms with van der Waals surface area (Å²) < 4.78 is 11.6. The van der Waals surface area contributed by atoms with Gasteiger partial charge in [0.05, 0.1) is 35.1 Å². The molecule has 45 heavy (non-hydrogen) atoms. The van der Waals surface area contributed by atoms with Crippen LogP contribution >= 0.6 is 11.3 Å². The highest BCUT2D eigenvalue weighted by atomic mass is 32.1. The van der Waals surface area contributed by atoms with Crippen molar-refractivity contribution in [3.8, 4) is 5.75 Å². The fraction of sp³-hybridized carbons (Fsp3) is 0.441. The predicted octanol–water partition coefficient (Wildman–Crippen LogP) is 5.23. The van der Waals surface area contributed by atoms with Gasteiger partial charge in [-0.3, -0.25) is 14.4 Å². The van der Waals surface area contributed by atoms with Crippen LogP contribution in [0.15, 0.2) is 48.0 Å². The molecule has 3 fully saturated rings. The number of cyclic esters (lactones) is 1. The minimum Gasteiger partial charge on any atom is -0.484 e. The highest BCUT2D eigenvalue weighted by molar-refractivity contribution is 7.11. The first-order chi connectivity index (χ1) is 21.7. The van der Waals surface area contributed by atoms with Crippen molar-refractivity contribution in [1.82, 2.24) is 15.2 Å². The number of carbonyl (C=O) groups excluding carboxylic acids is 3. The monoisotopic (exact) mass is 631 g/mol. The average molecular weight is 632 g/mol. The van der Waals surface area contributed by atoms with E-state index >= 15 is 0 Å². The van der Waals surface area contributed by atoms with Gasteiger partial charge in [0.15, 0.2) is 0 Å². The Labute approximate surface area is 265 Å². The van der Waals surface area contributed by atoms with Crippen LogP contribution in [0.25, 0.3) is 0 Å². The molecule has 1 aliphatic carbocycles. The van der Waals surface area contributed by atoms with Crippen molar-refractivity contribution >= 4 is 35.1 Å². The number of aromatic carboxylic acids is 1. The molecule has 236 valence electrons. The molecule has 2 amide bonds. The second-order valence-corrected chi connectivity index (χ2v) is 13.1. The third kappa shape index (κ3) is 6.88. The number of likely N-dealkylation sites (tertiary alicyclic amines) is 1. The second-order valence-electron chi connectivity index (χ2n) is 12.3. The van der Waals surface area contributed by atoms with Crippen LogP contribution in [0.5, 0.6) is 5.75 Å². The lowest BCUT2D eigenvalue weighted by atomic mass is 9.86. The molecule has 10 nitrogen and oxygen atoms in total.